The molecule has 0 saturated heterocycles. The standard InChI is InChI=1S/C12H24O2.C4H7NO/c1-2-3-4-5-6-7-8-9-10-11-12(13)14;1-3-4(6)5-2/h2-11H2,1H3,(H,13,14);3H,1H2,2H3,(H,5,6). The van der Waals surface area contributed by atoms with Crippen molar-refractivity contribution in [2.45, 2.75) is 71.1 Å². The van der Waals surface area contributed by atoms with E-state index in [0.29, 0.717) is 6.42 Å². The molecule has 4 nitrogen and oxygen atoms in total. The van der Waals surface area contributed by atoms with Crippen molar-refractivity contribution in [2.24, 2.45) is 0 Å². The van der Waals surface area contributed by atoms with E-state index in [0.717, 1.165) is 12.8 Å². The van der Waals surface area contributed by atoms with Crippen molar-refractivity contribution in [3.8, 4) is 0 Å². The number of carbonyl (C=O) groups excluding carboxylic acids is 1. The fraction of sp³-hybridized carbons (Fsp3) is 0.750. The highest BCUT2D eigenvalue weighted by molar-refractivity contribution is 5.86. The molecule has 0 aromatic rings. The first kappa shape index (κ1) is 21.0. The lowest BCUT2D eigenvalue weighted by atomic mass is 10.1. The van der Waals surface area contributed by atoms with Crippen molar-refractivity contribution >= 4 is 11.9 Å². The molecule has 20 heavy (non-hydrogen) atoms. The van der Waals surface area contributed by atoms with Crippen LogP contribution >= 0.6 is 0 Å². The zero-order valence-corrected chi connectivity index (χ0v) is 13.1. The van der Waals surface area contributed by atoms with Gasteiger partial charge in [-0.15, -0.1) is 0 Å². The van der Waals surface area contributed by atoms with Crippen molar-refractivity contribution in [3.63, 3.8) is 0 Å². The number of carboxylic acids is 1. The minimum atomic E-state index is -0.659. The lowest BCUT2D eigenvalue weighted by Gasteiger charge is -2.00. The number of unbranched alkanes of at least 4 members (excludes halogenated alkanes) is 8. The van der Waals surface area contributed by atoms with Crippen LogP contribution < -0.4 is 5.32 Å². The molecule has 0 heterocycles. The van der Waals surface area contributed by atoms with Gasteiger partial charge in [0.25, 0.3) is 0 Å². The van der Waals surface area contributed by atoms with Crippen LogP contribution in [-0.2, 0) is 9.59 Å². The molecule has 4 heteroatoms. The van der Waals surface area contributed by atoms with E-state index in [9.17, 15) is 9.59 Å². The van der Waals surface area contributed by atoms with Gasteiger partial charge in [0.15, 0.2) is 0 Å². The molecular weight excluding hydrogens is 254 g/mol. The minimum Gasteiger partial charge on any atom is -0.481 e. The van der Waals surface area contributed by atoms with Crippen molar-refractivity contribution in [1.29, 1.82) is 0 Å². The number of likely N-dealkylation sites (N-methyl/N-ethyl adjacent to an activating group) is 1. The summed E-state index contributed by atoms with van der Waals surface area (Å²) in [5.41, 5.74) is 0. The molecule has 0 rings (SSSR count). The summed E-state index contributed by atoms with van der Waals surface area (Å²) < 4.78 is 0. The number of rotatable bonds is 11. The number of aliphatic carboxylic acids is 1. The number of hydrogen-bond acceptors (Lipinski definition) is 2. The van der Waals surface area contributed by atoms with Crippen molar-refractivity contribution in [3.05, 3.63) is 12.7 Å². The predicted octanol–water partition coefficient (Wildman–Crippen LogP) is 3.91. The summed E-state index contributed by atoms with van der Waals surface area (Å²) in [5, 5.41) is 10.8. The van der Waals surface area contributed by atoms with Crippen LogP contribution in [0.5, 0.6) is 0 Å². The van der Waals surface area contributed by atoms with Gasteiger partial charge in [-0.25, -0.2) is 0 Å². The monoisotopic (exact) mass is 285 g/mol. The van der Waals surface area contributed by atoms with Crippen molar-refractivity contribution in [1.82, 2.24) is 5.32 Å². The Hall–Kier alpha value is -1.32. The first-order chi connectivity index (χ1) is 9.58. The van der Waals surface area contributed by atoms with Gasteiger partial charge in [0, 0.05) is 13.5 Å². The largest absolute Gasteiger partial charge is 0.481 e. The van der Waals surface area contributed by atoms with E-state index >= 15 is 0 Å². The van der Waals surface area contributed by atoms with Gasteiger partial charge < -0.3 is 10.4 Å². The number of hydrogen-bond donors (Lipinski definition) is 2. The third-order valence-corrected chi connectivity index (χ3v) is 2.93. The fourth-order valence-corrected chi connectivity index (χ4v) is 1.69. The van der Waals surface area contributed by atoms with E-state index in [1.54, 1.807) is 7.05 Å². The maximum Gasteiger partial charge on any atom is 0.303 e. The van der Waals surface area contributed by atoms with Crippen LogP contribution in [0.25, 0.3) is 0 Å². The zero-order chi connectivity index (χ0) is 15.6. The molecule has 118 valence electrons. The van der Waals surface area contributed by atoms with Gasteiger partial charge in [-0.2, -0.15) is 0 Å². The summed E-state index contributed by atoms with van der Waals surface area (Å²) in [4.78, 5) is 20.2. The number of carbonyl (C=O) groups is 2. The lowest BCUT2D eigenvalue weighted by Crippen LogP contribution is -2.13. The van der Waals surface area contributed by atoms with Crippen molar-refractivity contribution in [2.75, 3.05) is 7.05 Å². The van der Waals surface area contributed by atoms with Gasteiger partial charge in [-0.05, 0) is 12.5 Å². The SMILES string of the molecule is C=CC(=O)NC.CCCCCCCCCCCC(=O)O. The molecule has 0 saturated carbocycles. The van der Waals surface area contributed by atoms with Crippen molar-refractivity contribution < 1.29 is 14.7 Å². The number of amides is 1. The highest BCUT2D eigenvalue weighted by Gasteiger charge is 1.96. The lowest BCUT2D eigenvalue weighted by molar-refractivity contribution is -0.137. The van der Waals surface area contributed by atoms with E-state index in [2.05, 4.69) is 18.8 Å². The molecule has 0 aliphatic heterocycles. The predicted molar refractivity (Wildman–Crippen MR) is 83.7 cm³/mol. The molecule has 2 N–H and O–H groups in total. The summed E-state index contributed by atoms with van der Waals surface area (Å²) in [6.07, 6.45) is 12.7. The van der Waals surface area contributed by atoms with Crippen LogP contribution in [-0.4, -0.2) is 24.0 Å². The summed E-state index contributed by atoms with van der Waals surface area (Å²) in [5.74, 6) is -0.803. The van der Waals surface area contributed by atoms with Gasteiger partial charge in [-0.3, -0.25) is 9.59 Å². The Morgan fingerprint density at radius 3 is 1.75 bits per heavy atom. The molecule has 0 fully saturated rings. The van der Waals surface area contributed by atoms with Gasteiger partial charge in [0.05, 0.1) is 0 Å². The second kappa shape index (κ2) is 17.7. The van der Waals surface area contributed by atoms with Gasteiger partial charge in [0.2, 0.25) is 5.91 Å². The first-order valence-electron chi connectivity index (χ1n) is 7.64. The summed E-state index contributed by atoms with van der Waals surface area (Å²) in [7, 11) is 1.56. The Balaban J connectivity index is 0. The summed E-state index contributed by atoms with van der Waals surface area (Å²) in [6, 6.07) is 0. The Labute approximate surface area is 123 Å². The highest BCUT2D eigenvalue weighted by Crippen LogP contribution is 2.10. The van der Waals surface area contributed by atoms with Gasteiger partial charge in [0.1, 0.15) is 0 Å². The summed E-state index contributed by atoms with van der Waals surface area (Å²) >= 11 is 0. The second-order valence-electron chi connectivity index (χ2n) is 4.79. The molecule has 0 aliphatic carbocycles. The van der Waals surface area contributed by atoms with Crippen LogP contribution in [0.1, 0.15) is 71.1 Å². The third-order valence-electron chi connectivity index (χ3n) is 2.93. The molecule has 0 spiro atoms. The summed E-state index contributed by atoms with van der Waals surface area (Å²) in [6.45, 7) is 5.45. The average Bonchev–Trinajstić information content (AvgIpc) is 2.45. The second-order valence-corrected chi connectivity index (χ2v) is 4.79. The van der Waals surface area contributed by atoms with E-state index in [4.69, 9.17) is 5.11 Å². The molecule has 0 aliphatic rings. The highest BCUT2D eigenvalue weighted by atomic mass is 16.4. The topological polar surface area (TPSA) is 66.4 Å². The maximum atomic E-state index is 10.2. The third kappa shape index (κ3) is 21.9. The average molecular weight is 285 g/mol. The Kier molecular flexibility index (Phi) is 18.6. The normalized spacial score (nSPS) is 9.30. The number of nitrogens with one attached hydrogen (secondary N) is 1. The molecule has 0 bridgehead atoms. The van der Waals surface area contributed by atoms with Gasteiger partial charge >= 0.3 is 5.97 Å². The molecule has 0 atom stereocenters. The van der Waals surface area contributed by atoms with Crippen LogP contribution in [0.2, 0.25) is 0 Å². The smallest absolute Gasteiger partial charge is 0.303 e. The zero-order valence-electron chi connectivity index (χ0n) is 13.1. The van der Waals surface area contributed by atoms with Crippen LogP contribution in [0.15, 0.2) is 12.7 Å². The molecule has 0 aromatic heterocycles. The van der Waals surface area contributed by atoms with E-state index in [1.807, 2.05) is 0 Å². The molecule has 1 amide bonds. The van der Waals surface area contributed by atoms with Gasteiger partial charge in [-0.1, -0.05) is 64.9 Å². The number of carboxylic acid groups (broad SMARTS) is 1. The molecule has 0 radical (unpaired) electrons. The first-order valence-corrected chi connectivity index (χ1v) is 7.64. The van der Waals surface area contributed by atoms with Crippen LogP contribution in [0.3, 0.4) is 0 Å². The van der Waals surface area contributed by atoms with Crippen LogP contribution in [0, 0.1) is 0 Å². The quantitative estimate of drug-likeness (QED) is 0.447. The van der Waals surface area contributed by atoms with E-state index in [1.165, 1.54) is 51.0 Å². The Morgan fingerprint density at radius 1 is 1.00 bits per heavy atom. The van der Waals surface area contributed by atoms with E-state index in [-0.39, 0.29) is 5.91 Å². The molecule has 0 aromatic carbocycles. The molecule has 0 unspecified atom stereocenters. The Bertz CT molecular complexity index is 252. The maximum absolute atomic E-state index is 10.2. The van der Waals surface area contributed by atoms with Crippen LogP contribution in [0.4, 0.5) is 0 Å². The van der Waals surface area contributed by atoms with E-state index < -0.39 is 5.97 Å². The Morgan fingerprint density at radius 2 is 1.45 bits per heavy atom. The fourth-order valence-electron chi connectivity index (χ4n) is 1.69. The minimum absolute atomic E-state index is 0.144. The molecular formula is C16H31NO3.